The second-order valence-electron chi connectivity index (χ2n) is 32.6. The third-order valence-electron chi connectivity index (χ3n) is 21.6. The van der Waals surface area contributed by atoms with Crippen LogP contribution < -0.4 is 67.7 Å². The number of carboxylic acid groups (broad SMARTS) is 1. The van der Waals surface area contributed by atoms with Crippen LogP contribution in [0.25, 0.3) is 21.9 Å². The lowest BCUT2D eigenvalue weighted by Crippen LogP contribution is -2.61. The van der Waals surface area contributed by atoms with Crippen molar-refractivity contribution in [2.45, 2.75) is 185 Å². The van der Waals surface area contributed by atoms with Gasteiger partial charge in [-0.15, -0.1) is 5.53 Å². The third-order valence-corrected chi connectivity index (χ3v) is 23.4. The summed E-state index contributed by atoms with van der Waals surface area (Å²) in [7, 11) is -0.971. The first kappa shape index (κ1) is 86.5. The molecule has 10 bridgehead atoms. The Morgan fingerprint density at radius 1 is 0.598 bits per heavy atom. The molecule has 9 amide bonds. The maximum atomic E-state index is 15.4. The van der Waals surface area contributed by atoms with Crippen molar-refractivity contribution in [3.8, 4) is 22.6 Å². The maximum Gasteiger partial charge on any atom is 0.326 e. The zero-order valence-corrected chi connectivity index (χ0v) is 68.3. The molecule has 0 radical (unpaired) electrons. The van der Waals surface area contributed by atoms with Gasteiger partial charge in [-0.1, -0.05) is 145 Å². The summed E-state index contributed by atoms with van der Waals surface area (Å²) >= 11 is 0. The number of pyridine rings is 1. The van der Waals surface area contributed by atoms with E-state index in [1.807, 2.05) is 60.7 Å². The van der Waals surface area contributed by atoms with Gasteiger partial charge < -0.3 is 77.1 Å². The lowest BCUT2D eigenvalue weighted by Gasteiger charge is -2.36. The van der Waals surface area contributed by atoms with E-state index < -0.39 is 158 Å². The Labute approximate surface area is 681 Å². The van der Waals surface area contributed by atoms with E-state index in [-0.39, 0.29) is 71.4 Å². The molecule has 31 nitrogen and oxygen atoms in total. The van der Waals surface area contributed by atoms with Crippen LogP contribution in [0.4, 0.5) is 0 Å². The first-order valence-electron chi connectivity index (χ1n) is 39.5. The van der Waals surface area contributed by atoms with Gasteiger partial charge in [-0.2, -0.15) is 0 Å². The summed E-state index contributed by atoms with van der Waals surface area (Å²) in [5, 5.41) is 36.4. The number of carbonyl (C=O) groups is 10. The predicted octanol–water partition coefficient (Wildman–Crippen LogP) is 3.53. The van der Waals surface area contributed by atoms with Gasteiger partial charge in [-0.3, -0.25) is 57.9 Å². The molecule has 3 unspecified atom stereocenters. The fourth-order valence-corrected chi connectivity index (χ4v) is 15.7. The second-order valence-corrected chi connectivity index (χ2v) is 34.6. The molecule has 12 atom stereocenters. The molecule has 1 saturated carbocycles. The van der Waals surface area contributed by atoms with Gasteiger partial charge in [0, 0.05) is 70.2 Å². The lowest BCUT2D eigenvalue weighted by atomic mass is 9.85. The fourth-order valence-electron chi connectivity index (χ4n) is 14.4. The van der Waals surface area contributed by atoms with Crippen molar-refractivity contribution in [2.24, 2.45) is 10.8 Å². The van der Waals surface area contributed by atoms with Gasteiger partial charge in [0.1, 0.15) is 73.0 Å². The van der Waals surface area contributed by atoms with Crippen LogP contribution in [-0.2, 0) is 88.4 Å². The van der Waals surface area contributed by atoms with Crippen molar-refractivity contribution in [3.05, 3.63) is 186 Å². The molecule has 7 aliphatic heterocycles. The Hall–Kier alpha value is -11.3. The number of nitrogens with zero attached hydrogens (tertiary/aromatic N) is 4. The molecule has 2 saturated heterocycles. The number of ether oxygens (including phenoxy) is 3. The fraction of sp³-hybridized carbons (Fsp3) is 0.447. The molecule has 32 heteroatoms. The maximum absolute atomic E-state index is 15.4. The van der Waals surface area contributed by atoms with Crippen molar-refractivity contribution in [2.75, 3.05) is 47.0 Å². The number of carbonyl (C=O) groups excluding carboxylic acids is 9. The predicted molar refractivity (Wildman–Crippen MR) is 437 cm³/mol. The summed E-state index contributed by atoms with van der Waals surface area (Å²) in [6.45, 7) is 13.7. The normalized spacial score (nSPS) is 22.9. The SMILES string of the molecule is CN[C@@H](C)C(=O)N[C@H](C(=O)N1CC2CC1C(=O)N[C@@H](Cc1cccc(-c3cccnc3)c1)C(=O)N[C@H](C(=O)NS(=O)(=O)C1CC1)Cc1ccc(cc1)OCC1=CN(NN1)C1C[C@@H](C(=O)N[C@@H](Cc3ccc4ccccc4c3)C(=O)N[C@H](C(=O)O)Cc3ccc(cc3)OC/C=C/CO2)N(C(=O)[C@@H](NC(=O)[C@H](C)NC)C(C)(C)C)C1)C(C)(C)C. The van der Waals surface area contributed by atoms with Crippen LogP contribution in [0.1, 0.15) is 103 Å². The van der Waals surface area contributed by atoms with Crippen molar-refractivity contribution in [3.63, 3.8) is 0 Å². The molecular formula is C85H107N15O16S. The van der Waals surface area contributed by atoms with E-state index in [0.717, 1.165) is 21.9 Å². The quantitative estimate of drug-likeness (QED) is 0.0581. The molecule has 8 heterocycles. The second kappa shape index (κ2) is 38.2. The summed E-state index contributed by atoms with van der Waals surface area (Å²) in [5.41, 5.74) is 8.61. The van der Waals surface area contributed by atoms with Gasteiger partial charge in [-0.05, 0) is 132 Å². The summed E-state index contributed by atoms with van der Waals surface area (Å²) in [6, 6.07) is 24.3. The minimum absolute atomic E-state index is 0.00912. The van der Waals surface area contributed by atoms with Crippen LogP contribution >= 0.6 is 0 Å². The Morgan fingerprint density at radius 3 is 1.72 bits per heavy atom. The van der Waals surface area contributed by atoms with E-state index in [1.165, 1.54) is 9.80 Å². The van der Waals surface area contributed by atoms with Gasteiger partial charge in [0.05, 0.1) is 41.8 Å². The Kier molecular flexibility index (Phi) is 28.2. The molecule has 1 aromatic heterocycles. The number of aromatic nitrogens is 1. The number of rotatable bonds is 17. The standard InChI is InChI=1S/C85H107N15O16S/c1-50(86-9)74(101)93-72(84(3,4)5)81(108)98-47-61-43-70(98)79(106)90-67(42-55-22-27-56-18-11-12-19-57(56)38-55)77(104)92-69(83(110)111)40-53-23-28-62(29-24-53)114-35-13-14-36-115-64-44-71(99(48-64)82(109)73(85(6,7)8)94-75(102)51(2)87-10)80(107)91-66(41-54-17-15-20-58(37-54)59-21-16-34-88-45-59)76(103)89-68(78(105)96-117(112,113)65-32-33-65)39-52-25-30-63(31-26-52)116-49-60-46-100(61)97-95-60/h11-31,34,37-38,45-46,50-51,61,64-73,86-87,95,97H,32-33,35-36,39-44,47-49H2,1-10H3,(H,89,103)(H,90,106)(H,91,107)(H,92,104)(H,93,101)(H,94,102)(H,96,105)(H,110,111)/b14-13+/t50-,51-,61?,64?,66-,67-,68-,69-,70-,71?,72+,73+/m0/s1. The van der Waals surface area contributed by atoms with Crippen LogP contribution in [0.3, 0.4) is 0 Å². The van der Waals surface area contributed by atoms with Crippen LogP contribution in [-0.4, -0.2) is 217 Å². The number of sulfonamides is 1. The Bertz CT molecular complexity index is 4780. The summed E-state index contributed by atoms with van der Waals surface area (Å²) in [4.78, 5) is 154. The zero-order valence-electron chi connectivity index (χ0n) is 67.5. The summed E-state index contributed by atoms with van der Waals surface area (Å²) in [5.74, 6) is -6.90. The van der Waals surface area contributed by atoms with Crippen LogP contribution in [0, 0.1) is 10.8 Å². The number of fused-ring (bicyclic) bond motifs is 1. The first-order chi connectivity index (χ1) is 55.7. The van der Waals surface area contributed by atoms with Crippen molar-refractivity contribution in [1.29, 1.82) is 0 Å². The first-order valence-corrected chi connectivity index (χ1v) is 41.0. The number of hydrogen-bond acceptors (Lipinski definition) is 21. The number of likely N-dealkylation sites (tertiary alicyclic amines) is 2. The molecule has 1 aliphatic carbocycles. The highest BCUT2D eigenvalue weighted by Gasteiger charge is 2.50. The number of hydrazine groups is 2. The van der Waals surface area contributed by atoms with Gasteiger partial charge in [-0.25, -0.2) is 13.2 Å². The molecular weight excluding hydrogens is 1520 g/mol. The van der Waals surface area contributed by atoms with E-state index in [1.54, 1.807) is 172 Å². The van der Waals surface area contributed by atoms with Gasteiger partial charge in [0.2, 0.25) is 57.3 Å². The molecule has 6 aromatic rings. The highest BCUT2D eigenvalue weighted by Crippen LogP contribution is 2.33. The zero-order chi connectivity index (χ0) is 84.0. The number of likely N-dealkylation sites (N-methyl/N-ethyl adjacent to an activating group) is 2. The molecule has 14 rings (SSSR count). The Morgan fingerprint density at radius 2 is 1.15 bits per heavy atom. The highest BCUT2D eigenvalue weighted by molar-refractivity contribution is 7.91. The van der Waals surface area contributed by atoms with Gasteiger partial charge in [0.15, 0.2) is 0 Å². The number of benzene rings is 5. The molecule has 624 valence electrons. The van der Waals surface area contributed by atoms with Gasteiger partial charge in [0.25, 0.3) is 5.91 Å². The average molecular weight is 1630 g/mol. The highest BCUT2D eigenvalue weighted by atomic mass is 32.2. The van der Waals surface area contributed by atoms with E-state index >= 15 is 24.0 Å². The van der Waals surface area contributed by atoms with Crippen molar-refractivity contribution < 1.29 is 75.7 Å². The smallest absolute Gasteiger partial charge is 0.326 e. The molecule has 3 fully saturated rings. The molecule has 12 N–H and O–H groups in total. The minimum atomic E-state index is -4.19. The van der Waals surface area contributed by atoms with Gasteiger partial charge >= 0.3 is 5.97 Å². The van der Waals surface area contributed by atoms with E-state index in [2.05, 4.69) is 63.2 Å². The molecule has 5 aromatic carbocycles. The number of carboxylic acids is 1. The van der Waals surface area contributed by atoms with Crippen LogP contribution in [0.5, 0.6) is 11.5 Å². The monoisotopic (exact) mass is 1630 g/mol. The average Bonchev–Trinajstić information content (AvgIpc) is 1.66. The van der Waals surface area contributed by atoms with Crippen LogP contribution in [0.15, 0.2) is 164 Å². The molecule has 8 aliphatic rings. The van der Waals surface area contributed by atoms with E-state index in [0.29, 0.717) is 52.3 Å². The van der Waals surface area contributed by atoms with E-state index in [9.17, 15) is 37.5 Å². The third kappa shape index (κ3) is 22.9. The lowest BCUT2D eigenvalue weighted by molar-refractivity contribution is -0.145. The van der Waals surface area contributed by atoms with Crippen LogP contribution in [0.2, 0.25) is 0 Å². The Balaban J connectivity index is 0.921. The number of hydrogen-bond donors (Lipinski definition) is 12. The summed E-state index contributed by atoms with van der Waals surface area (Å²) in [6.07, 6.45) is 7.49. The van der Waals surface area contributed by atoms with Crippen molar-refractivity contribution in [1.82, 2.24) is 78.0 Å². The van der Waals surface area contributed by atoms with Crippen molar-refractivity contribution >= 4 is 79.9 Å². The number of nitrogens with one attached hydrogen (secondary N) is 11. The number of aliphatic carboxylic acids is 1. The number of amides is 9. The minimum Gasteiger partial charge on any atom is -0.490 e. The molecule has 0 spiro atoms. The van der Waals surface area contributed by atoms with E-state index in [4.69, 9.17) is 14.2 Å². The largest absolute Gasteiger partial charge is 0.490 e. The summed E-state index contributed by atoms with van der Waals surface area (Å²) < 4.78 is 48.0. The molecule has 117 heavy (non-hydrogen) atoms. The topological polar surface area (TPSA) is 408 Å².